The molecule has 17 heavy (non-hydrogen) atoms. The fourth-order valence-electron chi connectivity index (χ4n) is 2.33. The second kappa shape index (κ2) is 4.12. The molecule has 2 aliphatic rings. The van der Waals surface area contributed by atoms with Gasteiger partial charge in [0.2, 0.25) is 0 Å². The first kappa shape index (κ1) is 11.3. The van der Waals surface area contributed by atoms with Crippen LogP contribution in [0.25, 0.3) is 0 Å². The van der Waals surface area contributed by atoms with Crippen LogP contribution in [0.3, 0.4) is 0 Å². The molecule has 2 saturated carbocycles. The van der Waals surface area contributed by atoms with Crippen molar-refractivity contribution in [2.45, 2.75) is 43.8 Å². The molecule has 0 N–H and O–H groups in total. The molecule has 3 rings (SSSR count). The van der Waals surface area contributed by atoms with Crippen LogP contribution in [0.1, 0.15) is 49.3 Å². The number of hydrogen-bond acceptors (Lipinski definition) is 4. The third kappa shape index (κ3) is 2.54. The summed E-state index contributed by atoms with van der Waals surface area (Å²) in [5.74, 6) is 1.29. The molecule has 4 nitrogen and oxygen atoms in total. The maximum absolute atomic E-state index is 12.0. The van der Waals surface area contributed by atoms with Gasteiger partial charge in [-0.1, -0.05) is 11.6 Å². The summed E-state index contributed by atoms with van der Waals surface area (Å²) in [5, 5.41) is 3.98. The van der Waals surface area contributed by atoms with Crippen molar-refractivity contribution in [1.82, 2.24) is 5.16 Å². The summed E-state index contributed by atoms with van der Waals surface area (Å²) in [6, 6.07) is 0. The van der Waals surface area contributed by atoms with Gasteiger partial charge in [-0.3, -0.25) is 0 Å². The lowest BCUT2D eigenvalue weighted by molar-refractivity contribution is 0.363. The summed E-state index contributed by atoms with van der Waals surface area (Å²) in [6.07, 6.45) is 7.09. The molecule has 0 aliphatic heterocycles. The number of sulfone groups is 1. The van der Waals surface area contributed by atoms with Crippen LogP contribution in [0.4, 0.5) is 0 Å². The van der Waals surface area contributed by atoms with Gasteiger partial charge in [0.15, 0.2) is 9.84 Å². The van der Waals surface area contributed by atoms with Crippen LogP contribution in [0.2, 0.25) is 0 Å². The van der Waals surface area contributed by atoms with E-state index in [1.807, 2.05) is 0 Å². The molecule has 2 fully saturated rings. The van der Waals surface area contributed by atoms with E-state index in [-0.39, 0.29) is 5.75 Å². The summed E-state index contributed by atoms with van der Waals surface area (Å²) in [6.45, 7) is 0. The van der Waals surface area contributed by atoms with E-state index in [9.17, 15) is 8.42 Å². The second-order valence-corrected chi connectivity index (χ2v) is 7.46. The average Bonchev–Trinajstić information content (AvgIpc) is 2.85. The minimum absolute atomic E-state index is 0.110. The highest BCUT2D eigenvalue weighted by atomic mass is 32.2. The van der Waals surface area contributed by atoms with Crippen molar-refractivity contribution in [3.63, 3.8) is 0 Å². The molecule has 1 heterocycles. The Morgan fingerprint density at radius 1 is 1.29 bits per heavy atom. The van der Waals surface area contributed by atoms with Crippen LogP contribution in [0.5, 0.6) is 0 Å². The van der Waals surface area contributed by atoms with Crippen molar-refractivity contribution in [1.29, 1.82) is 0 Å². The summed E-state index contributed by atoms with van der Waals surface area (Å²) < 4.78 is 28.9. The van der Waals surface area contributed by atoms with Gasteiger partial charge in [0.1, 0.15) is 6.26 Å². The van der Waals surface area contributed by atoms with Crippen molar-refractivity contribution >= 4 is 9.84 Å². The Balaban J connectivity index is 1.73. The van der Waals surface area contributed by atoms with Gasteiger partial charge in [-0.05, 0) is 31.6 Å². The van der Waals surface area contributed by atoms with Crippen molar-refractivity contribution < 1.29 is 12.9 Å². The van der Waals surface area contributed by atoms with Gasteiger partial charge in [0.05, 0.1) is 17.2 Å². The largest absolute Gasteiger partial charge is 0.364 e. The van der Waals surface area contributed by atoms with E-state index in [2.05, 4.69) is 5.16 Å². The fraction of sp³-hybridized carbons (Fsp3) is 0.750. The van der Waals surface area contributed by atoms with Crippen molar-refractivity contribution in [3.05, 3.63) is 17.5 Å². The molecule has 0 saturated heterocycles. The zero-order valence-electron chi connectivity index (χ0n) is 9.76. The Morgan fingerprint density at radius 2 is 2.06 bits per heavy atom. The predicted octanol–water partition coefficient (Wildman–Crippen LogP) is 2.27. The van der Waals surface area contributed by atoms with E-state index in [1.54, 1.807) is 0 Å². The van der Waals surface area contributed by atoms with E-state index in [0.29, 0.717) is 17.6 Å². The van der Waals surface area contributed by atoms with Crippen LogP contribution >= 0.6 is 0 Å². The average molecular weight is 255 g/mol. The van der Waals surface area contributed by atoms with Gasteiger partial charge in [-0.25, -0.2) is 8.42 Å². The standard InChI is InChI=1S/C12H17NO3S/c14-17(15,7-9-4-5-9)8-11-6-16-13-12(11)10-2-1-3-10/h6,9-10H,1-5,7-8H2. The SMILES string of the molecule is O=S(=O)(Cc1conc1C1CCC1)CC1CC1. The lowest BCUT2D eigenvalue weighted by Gasteiger charge is -2.23. The highest BCUT2D eigenvalue weighted by Crippen LogP contribution is 2.38. The first-order valence-electron chi connectivity index (χ1n) is 6.27. The van der Waals surface area contributed by atoms with Crippen LogP contribution in [-0.4, -0.2) is 19.3 Å². The van der Waals surface area contributed by atoms with E-state index in [4.69, 9.17) is 4.52 Å². The molecule has 5 heteroatoms. The highest BCUT2D eigenvalue weighted by molar-refractivity contribution is 7.90. The van der Waals surface area contributed by atoms with Crippen LogP contribution in [-0.2, 0) is 15.6 Å². The summed E-state index contributed by atoms with van der Waals surface area (Å²) >= 11 is 0. The molecule has 0 radical (unpaired) electrons. The number of rotatable bonds is 5. The third-order valence-corrected chi connectivity index (χ3v) is 5.46. The summed E-state index contributed by atoms with van der Waals surface area (Å²) in [4.78, 5) is 0. The molecule has 0 spiro atoms. The third-order valence-electron chi connectivity index (χ3n) is 3.73. The van der Waals surface area contributed by atoms with E-state index < -0.39 is 9.84 Å². The van der Waals surface area contributed by atoms with E-state index >= 15 is 0 Å². The van der Waals surface area contributed by atoms with Crippen LogP contribution in [0, 0.1) is 5.92 Å². The first-order chi connectivity index (χ1) is 8.14. The maximum Gasteiger partial charge on any atom is 0.154 e. The molecule has 0 unspecified atom stereocenters. The number of hydrogen-bond donors (Lipinski definition) is 0. The lowest BCUT2D eigenvalue weighted by Crippen LogP contribution is -2.15. The molecule has 0 bridgehead atoms. The Hall–Kier alpha value is -0.840. The molecular weight excluding hydrogens is 238 g/mol. The smallest absolute Gasteiger partial charge is 0.154 e. The molecule has 0 amide bonds. The van der Waals surface area contributed by atoms with Crippen LogP contribution in [0.15, 0.2) is 10.8 Å². The predicted molar refractivity (Wildman–Crippen MR) is 63.3 cm³/mol. The Bertz CT molecular complexity index is 498. The lowest BCUT2D eigenvalue weighted by atomic mass is 9.82. The topological polar surface area (TPSA) is 60.2 Å². The summed E-state index contributed by atoms with van der Waals surface area (Å²) in [5.41, 5.74) is 1.67. The molecule has 1 aromatic heterocycles. The minimum atomic E-state index is -2.98. The van der Waals surface area contributed by atoms with Gasteiger partial charge < -0.3 is 4.52 Å². The fourth-order valence-corrected chi connectivity index (χ4v) is 4.19. The number of aromatic nitrogens is 1. The first-order valence-corrected chi connectivity index (χ1v) is 8.10. The van der Waals surface area contributed by atoms with E-state index in [1.165, 1.54) is 12.7 Å². The van der Waals surface area contributed by atoms with Gasteiger partial charge >= 0.3 is 0 Å². The van der Waals surface area contributed by atoms with Gasteiger partial charge in [0, 0.05) is 11.5 Å². The van der Waals surface area contributed by atoms with E-state index in [0.717, 1.165) is 36.9 Å². The Labute approximate surface area is 101 Å². The van der Waals surface area contributed by atoms with Crippen molar-refractivity contribution in [2.24, 2.45) is 5.92 Å². The zero-order valence-corrected chi connectivity index (χ0v) is 10.6. The maximum atomic E-state index is 12.0. The molecule has 0 atom stereocenters. The summed E-state index contributed by atoms with van der Waals surface area (Å²) in [7, 11) is -2.98. The molecule has 0 aromatic carbocycles. The minimum Gasteiger partial charge on any atom is -0.364 e. The number of nitrogens with zero attached hydrogens (tertiary/aromatic N) is 1. The quantitative estimate of drug-likeness (QED) is 0.809. The highest BCUT2D eigenvalue weighted by Gasteiger charge is 2.31. The zero-order chi connectivity index (χ0) is 11.9. The Kier molecular flexibility index (Phi) is 2.73. The molecule has 2 aliphatic carbocycles. The van der Waals surface area contributed by atoms with Crippen LogP contribution < -0.4 is 0 Å². The monoisotopic (exact) mass is 255 g/mol. The van der Waals surface area contributed by atoms with Gasteiger partial charge in [0.25, 0.3) is 0 Å². The molecular formula is C12H17NO3S. The van der Waals surface area contributed by atoms with Crippen molar-refractivity contribution in [3.8, 4) is 0 Å². The Morgan fingerprint density at radius 3 is 2.65 bits per heavy atom. The van der Waals surface area contributed by atoms with Gasteiger partial charge in [-0.2, -0.15) is 0 Å². The van der Waals surface area contributed by atoms with Gasteiger partial charge in [-0.15, -0.1) is 0 Å². The second-order valence-electron chi connectivity index (χ2n) is 5.35. The normalized spacial score (nSPS) is 21.4. The molecule has 94 valence electrons. The van der Waals surface area contributed by atoms with Crippen molar-refractivity contribution in [2.75, 3.05) is 5.75 Å². The molecule has 1 aromatic rings.